The first kappa shape index (κ1) is 19.9. The number of hydrogen-bond acceptors (Lipinski definition) is 4. The van der Waals surface area contributed by atoms with Crippen molar-refractivity contribution in [3.8, 4) is 0 Å². The summed E-state index contributed by atoms with van der Waals surface area (Å²) in [5.41, 5.74) is 0.874. The van der Waals surface area contributed by atoms with E-state index in [9.17, 15) is 14.4 Å². The molecule has 0 aliphatic carbocycles. The third kappa shape index (κ3) is 4.42. The van der Waals surface area contributed by atoms with Crippen molar-refractivity contribution < 1.29 is 19.1 Å². The molecule has 0 radical (unpaired) electrons. The van der Waals surface area contributed by atoms with Crippen molar-refractivity contribution in [1.82, 2.24) is 4.90 Å². The summed E-state index contributed by atoms with van der Waals surface area (Å²) in [6, 6.07) is 6.90. The van der Waals surface area contributed by atoms with E-state index in [0.29, 0.717) is 30.9 Å². The van der Waals surface area contributed by atoms with E-state index in [1.807, 2.05) is 18.7 Å². The Labute approximate surface area is 155 Å². The van der Waals surface area contributed by atoms with E-state index in [1.54, 1.807) is 36.1 Å². The summed E-state index contributed by atoms with van der Waals surface area (Å²) >= 11 is 0. The lowest BCUT2D eigenvalue weighted by atomic mass is 10.1. The van der Waals surface area contributed by atoms with Crippen molar-refractivity contribution in [2.45, 2.75) is 40.0 Å². The van der Waals surface area contributed by atoms with E-state index in [0.717, 1.165) is 12.8 Å². The van der Waals surface area contributed by atoms with Gasteiger partial charge in [0, 0.05) is 26.1 Å². The Kier molecular flexibility index (Phi) is 7.18. The summed E-state index contributed by atoms with van der Waals surface area (Å²) in [6.45, 7) is 7.80. The predicted octanol–water partition coefficient (Wildman–Crippen LogP) is 2.86. The summed E-state index contributed by atoms with van der Waals surface area (Å²) in [5.74, 6) is -0.925. The molecule has 1 unspecified atom stereocenters. The molecule has 1 fully saturated rings. The van der Waals surface area contributed by atoms with Gasteiger partial charge in [-0.05, 0) is 31.9 Å². The minimum absolute atomic E-state index is 0.0261. The second kappa shape index (κ2) is 9.36. The second-order valence-electron chi connectivity index (χ2n) is 6.47. The van der Waals surface area contributed by atoms with E-state index in [1.165, 1.54) is 0 Å². The molecule has 0 aromatic heterocycles. The molecule has 0 N–H and O–H groups in total. The van der Waals surface area contributed by atoms with E-state index in [-0.39, 0.29) is 30.8 Å². The Balaban J connectivity index is 2.20. The van der Waals surface area contributed by atoms with Gasteiger partial charge in [-0.1, -0.05) is 26.0 Å². The van der Waals surface area contributed by atoms with Crippen LogP contribution in [0.3, 0.4) is 0 Å². The van der Waals surface area contributed by atoms with Gasteiger partial charge in [-0.25, -0.2) is 4.79 Å². The number of para-hydroxylation sites is 1. The van der Waals surface area contributed by atoms with E-state index in [2.05, 4.69) is 0 Å². The molecule has 1 heterocycles. The highest BCUT2D eigenvalue weighted by Gasteiger charge is 2.38. The van der Waals surface area contributed by atoms with E-state index in [4.69, 9.17) is 4.74 Å². The Morgan fingerprint density at radius 1 is 1.15 bits per heavy atom. The zero-order chi connectivity index (χ0) is 19.1. The SMILES string of the molecule is CCCN(CCC)C(=O)C1CC(=O)N(c2ccccc2C(=O)OCC)C1. The zero-order valence-electron chi connectivity index (χ0n) is 15.9. The van der Waals surface area contributed by atoms with Crippen LogP contribution < -0.4 is 4.90 Å². The second-order valence-corrected chi connectivity index (χ2v) is 6.47. The van der Waals surface area contributed by atoms with Gasteiger partial charge in [-0.15, -0.1) is 0 Å². The molecular weight excluding hydrogens is 332 g/mol. The highest BCUT2D eigenvalue weighted by atomic mass is 16.5. The van der Waals surface area contributed by atoms with Crippen molar-refractivity contribution in [3.63, 3.8) is 0 Å². The quantitative estimate of drug-likeness (QED) is 0.669. The largest absolute Gasteiger partial charge is 0.462 e. The summed E-state index contributed by atoms with van der Waals surface area (Å²) in [7, 11) is 0. The first-order valence-electron chi connectivity index (χ1n) is 9.38. The van der Waals surface area contributed by atoms with Crippen LogP contribution in [0.25, 0.3) is 0 Å². The normalized spacial score (nSPS) is 16.7. The minimum Gasteiger partial charge on any atom is -0.462 e. The summed E-state index contributed by atoms with van der Waals surface area (Å²) < 4.78 is 5.09. The van der Waals surface area contributed by atoms with Gasteiger partial charge in [-0.2, -0.15) is 0 Å². The Morgan fingerprint density at radius 3 is 2.42 bits per heavy atom. The van der Waals surface area contributed by atoms with Crippen LogP contribution in [0.15, 0.2) is 24.3 Å². The van der Waals surface area contributed by atoms with Crippen LogP contribution >= 0.6 is 0 Å². The molecule has 6 heteroatoms. The number of esters is 1. The van der Waals surface area contributed by atoms with Gasteiger partial charge in [-0.3, -0.25) is 9.59 Å². The fraction of sp³-hybridized carbons (Fsp3) is 0.550. The van der Waals surface area contributed by atoms with Crippen molar-refractivity contribution in [1.29, 1.82) is 0 Å². The molecule has 26 heavy (non-hydrogen) atoms. The fourth-order valence-corrected chi connectivity index (χ4v) is 3.33. The number of carbonyl (C=O) groups excluding carboxylic acids is 3. The molecule has 1 aliphatic rings. The number of benzene rings is 1. The fourth-order valence-electron chi connectivity index (χ4n) is 3.33. The Morgan fingerprint density at radius 2 is 1.81 bits per heavy atom. The Hall–Kier alpha value is -2.37. The lowest BCUT2D eigenvalue weighted by Crippen LogP contribution is -2.38. The van der Waals surface area contributed by atoms with Crippen LogP contribution in [0.1, 0.15) is 50.4 Å². The van der Waals surface area contributed by atoms with Crippen LogP contribution in [0.5, 0.6) is 0 Å². The maximum absolute atomic E-state index is 12.8. The van der Waals surface area contributed by atoms with Crippen molar-refractivity contribution in [3.05, 3.63) is 29.8 Å². The lowest BCUT2D eigenvalue weighted by Gasteiger charge is -2.25. The van der Waals surface area contributed by atoms with Gasteiger partial charge in [0.25, 0.3) is 0 Å². The van der Waals surface area contributed by atoms with Crippen molar-refractivity contribution in [2.75, 3.05) is 31.1 Å². The van der Waals surface area contributed by atoms with Crippen molar-refractivity contribution >= 4 is 23.5 Å². The van der Waals surface area contributed by atoms with Gasteiger partial charge < -0.3 is 14.5 Å². The summed E-state index contributed by atoms with van der Waals surface area (Å²) in [6.07, 6.45) is 1.96. The van der Waals surface area contributed by atoms with E-state index < -0.39 is 5.97 Å². The van der Waals surface area contributed by atoms with Gasteiger partial charge in [0.15, 0.2) is 0 Å². The number of amides is 2. The van der Waals surface area contributed by atoms with Gasteiger partial charge in [0.1, 0.15) is 0 Å². The topological polar surface area (TPSA) is 66.9 Å². The molecule has 1 aromatic carbocycles. The molecule has 0 saturated carbocycles. The number of anilines is 1. The molecule has 1 atom stereocenters. The molecule has 0 spiro atoms. The predicted molar refractivity (Wildman–Crippen MR) is 100 cm³/mol. The molecule has 1 aromatic rings. The molecule has 1 aliphatic heterocycles. The molecule has 2 rings (SSSR count). The molecule has 2 amide bonds. The van der Waals surface area contributed by atoms with Gasteiger partial charge in [0.05, 0.1) is 23.8 Å². The standard InChI is InChI=1S/C20H28N2O4/c1-4-11-21(12-5-2)19(24)15-13-18(23)22(14-15)17-10-8-7-9-16(17)20(25)26-6-3/h7-10,15H,4-6,11-14H2,1-3H3. The first-order chi connectivity index (χ1) is 12.5. The third-order valence-corrected chi connectivity index (χ3v) is 4.46. The smallest absolute Gasteiger partial charge is 0.340 e. The lowest BCUT2D eigenvalue weighted by molar-refractivity contribution is -0.135. The number of ether oxygens (including phenoxy) is 1. The highest BCUT2D eigenvalue weighted by Crippen LogP contribution is 2.29. The number of nitrogens with zero attached hydrogens (tertiary/aromatic N) is 2. The van der Waals surface area contributed by atoms with Crippen LogP contribution in [0.2, 0.25) is 0 Å². The minimum atomic E-state index is -0.454. The van der Waals surface area contributed by atoms with E-state index >= 15 is 0 Å². The highest BCUT2D eigenvalue weighted by molar-refractivity contribution is 6.05. The molecule has 0 bridgehead atoms. The maximum Gasteiger partial charge on any atom is 0.340 e. The summed E-state index contributed by atoms with van der Waals surface area (Å²) in [5, 5.41) is 0. The Bertz CT molecular complexity index is 653. The zero-order valence-corrected chi connectivity index (χ0v) is 15.9. The number of hydrogen-bond donors (Lipinski definition) is 0. The first-order valence-corrected chi connectivity index (χ1v) is 9.38. The van der Waals surface area contributed by atoms with Crippen LogP contribution in [-0.2, 0) is 14.3 Å². The van der Waals surface area contributed by atoms with Gasteiger partial charge >= 0.3 is 5.97 Å². The number of rotatable bonds is 8. The van der Waals surface area contributed by atoms with Crippen LogP contribution in [0, 0.1) is 5.92 Å². The summed E-state index contributed by atoms with van der Waals surface area (Å²) in [4.78, 5) is 41.0. The van der Waals surface area contributed by atoms with Crippen molar-refractivity contribution in [2.24, 2.45) is 5.92 Å². The number of carbonyl (C=O) groups is 3. The van der Waals surface area contributed by atoms with Gasteiger partial charge in [0.2, 0.25) is 11.8 Å². The molecule has 142 valence electrons. The monoisotopic (exact) mass is 360 g/mol. The maximum atomic E-state index is 12.8. The average Bonchev–Trinajstić information content (AvgIpc) is 3.02. The molecular formula is C20H28N2O4. The molecule has 6 nitrogen and oxygen atoms in total. The van der Waals surface area contributed by atoms with Crippen LogP contribution in [-0.4, -0.2) is 48.9 Å². The molecule has 1 saturated heterocycles. The third-order valence-electron chi connectivity index (χ3n) is 4.46. The van der Waals surface area contributed by atoms with Crippen LogP contribution in [0.4, 0.5) is 5.69 Å². The average molecular weight is 360 g/mol.